The molecule has 2 N–H and O–H groups in total. The van der Waals surface area contributed by atoms with Crippen LogP contribution >= 0.6 is 11.6 Å². The van der Waals surface area contributed by atoms with E-state index in [1.807, 2.05) is 0 Å². The van der Waals surface area contributed by atoms with Crippen LogP contribution < -0.4 is 10.7 Å². The number of benzene rings is 2. The Kier molecular flexibility index (Phi) is 7.48. The van der Waals surface area contributed by atoms with Crippen LogP contribution in [-0.2, 0) is 15.8 Å². The van der Waals surface area contributed by atoms with Crippen molar-refractivity contribution in [2.75, 3.05) is 5.32 Å². The minimum absolute atomic E-state index is 0.0439. The standard InChI is InChI=1S/C18H14ClF3N4O4/c19-14-5-4-11(8-15(14)26(29)30)10-23-25-17(28)7-6-16(27)24-13-3-1-2-12(9-13)18(20,21)22/h1-5,8-10H,6-7H2,(H,24,27)(H,25,28). The Morgan fingerprint density at radius 3 is 2.50 bits per heavy atom. The molecule has 0 saturated heterocycles. The summed E-state index contributed by atoms with van der Waals surface area (Å²) in [6.07, 6.45) is -3.94. The highest BCUT2D eigenvalue weighted by Crippen LogP contribution is 2.30. The van der Waals surface area contributed by atoms with E-state index in [0.717, 1.165) is 24.4 Å². The molecule has 0 saturated carbocycles. The number of nitro benzene ring substituents is 1. The van der Waals surface area contributed by atoms with Crippen LogP contribution in [0.1, 0.15) is 24.0 Å². The number of anilines is 1. The van der Waals surface area contributed by atoms with Crippen molar-refractivity contribution in [3.63, 3.8) is 0 Å². The minimum atomic E-state index is -4.54. The summed E-state index contributed by atoms with van der Waals surface area (Å²) in [4.78, 5) is 33.7. The van der Waals surface area contributed by atoms with E-state index in [9.17, 15) is 32.9 Å². The van der Waals surface area contributed by atoms with Gasteiger partial charge in [0.15, 0.2) is 0 Å². The quantitative estimate of drug-likeness (QED) is 0.381. The lowest BCUT2D eigenvalue weighted by molar-refractivity contribution is -0.384. The topological polar surface area (TPSA) is 114 Å². The van der Waals surface area contributed by atoms with Crippen molar-refractivity contribution in [1.82, 2.24) is 5.43 Å². The molecule has 0 aromatic heterocycles. The molecule has 0 aliphatic heterocycles. The highest BCUT2D eigenvalue weighted by atomic mass is 35.5. The summed E-state index contributed by atoms with van der Waals surface area (Å²) in [5.74, 6) is -1.28. The molecule has 2 amide bonds. The highest BCUT2D eigenvalue weighted by molar-refractivity contribution is 6.32. The molecule has 0 heterocycles. The lowest BCUT2D eigenvalue weighted by Crippen LogP contribution is -2.20. The van der Waals surface area contributed by atoms with Crippen LogP contribution in [0.25, 0.3) is 0 Å². The summed E-state index contributed by atoms with van der Waals surface area (Å²) in [5.41, 5.74) is 1.18. The van der Waals surface area contributed by atoms with Gasteiger partial charge in [-0.05, 0) is 24.3 Å². The third-order valence-corrected chi connectivity index (χ3v) is 3.94. The third-order valence-electron chi connectivity index (χ3n) is 3.62. The fourth-order valence-electron chi connectivity index (χ4n) is 2.21. The molecule has 0 radical (unpaired) electrons. The summed E-state index contributed by atoms with van der Waals surface area (Å²) in [5, 5.41) is 16.7. The molecule has 2 rings (SSSR count). The maximum absolute atomic E-state index is 12.7. The Bertz CT molecular complexity index is 996. The first kappa shape index (κ1) is 22.8. The lowest BCUT2D eigenvalue weighted by atomic mass is 10.2. The Balaban J connectivity index is 1.83. The number of rotatable bonds is 7. The summed E-state index contributed by atoms with van der Waals surface area (Å²) in [6, 6.07) is 8.03. The van der Waals surface area contributed by atoms with Crippen LogP contribution in [0.4, 0.5) is 24.5 Å². The predicted octanol–water partition coefficient (Wildman–Crippen LogP) is 4.14. The molecular formula is C18H14ClF3N4O4. The van der Waals surface area contributed by atoms with Crippen molar-refractivity contribution < 1.29 is 27.7 Å². The van der Waals surface area contributed by atoms with Gasteiger partial charge in [-0.2, -0.15) is 18.3 Å². The molecule has 0 bridgehead atoms. The number of halogens is 4. The van der Waals surface area contributed by atoms with Gasteiger partial charge in [0.05, 0.1) is 16.7 Å². The van der Waals surface area contributed by atoms with Crippen molar-refractivity contribution in [2.45, 2.75) is 19.0 Å². The second kappa shape index (κ2) is 9.83. The van der Waals surface area contributed by atoms with Crippen LogP contribution in [0.15, 0.2) is 47.6 Å². The van der Waals surface area contributed by atoms with E-state index in [-0.39, 0.29) is 29.2 Å². The number of hydrogen-bond donors (Lipinski definition) is 2. The molecular weight excluding hydrogens is 429 g/mol. The number of hydrogen-bond acceptors (Lipinski definition) is 5. The van der Waals surface area contributed by atoms with Crippen molar-refractivity contribution in [1.29, 1.82) is 0 Å². The van der Waals surface area contributed by atoms with Gasteiger partial charge in [0.25, 0.3) is 5.69 Å². The molecule has 12 heteroatoms. The van der Waals surface area contributed by atoms with Crippen molar-refractivity contribution in [3.05, 3.63) is 68.7 Å². The van der Waals surface area contributed by atoms with Crippen LogP contribution in [0, 0.1) is 10.1 Å². The van der Waals surface area contributed by atoms with Gasteiger partial charge in [0.1, 0.15) is 5.02 Å². The number of nitro groups is 1. The van der Waals surface area contributed by atoms with E-state index >= 15 is 0 Å². The third kappa shape index (κ3) is 6.85. The monoisotopic (exact) mass is 442 g/mol. The molecule has 0 unspecified atom stereocenters. The summed E-state index contributed by atoms with van der Waals surface area (Å²) >= 11 is 5.69. The van der Waals surface area contributed by atoms with Crippen LogP contribution in [0.3, 0.4) is 0 Å². The highest BCUT2D eigenvalue weighted by Gasteiger charge is 2.30. The minimum Gasteiger partial charge on any atom is -0.326 e. The molecule has 0 aliphatic carbocycles. The largest absolute Gasteiger partial charge is 0.416 e. The maximum Gasteiger partial charge on any atom is 0.416 e. The molecule has 0 fully saturated rings. The van der Waals surface area contributed by atoms with E-state index < -0.39 is 28.5 Å². The Labute approximate surface area is 172 Å². The number of carbonyl (C=O) groups excluding carboxylic acids is 2. The lowest BCUT2D eigenvalue weighted by Gasteiger charge is -2.09. The first-order chi connectivity index (χ1) is 14.1. The van der Waals surface area contributed by atoms with Crippen LogP contribution in [-0.4, -0.2) is 23.0 Å². The number of amides is 2. The molecule has 0 atom stereocenters. The van der Waals surface area contributed by atoms with Gasteiger partial charge in [-0.15, -0.1) is 0 Å². The number of carbonyl (C=O) groups is 2. The van der Waals surface area contributed by atoms with E-state index in [2.05, 4.69) is 15.8 Å². The van der Waals surface area contributed by atoms with Crippen LogP contribution in [0.5, 0.6) is 0 Å². The van der Waals surface area contributed by atoms with Gasteiger partial charge in [-0.3, -0.25) is 19.7 Å². The maximum atomic E-state index is 12.7. The average Bonchev–Trinajstić information content (AvgIpc) is 2.67. The Morgan fingerprint density at radius 1 is 1.13 bits per heavy atom. The number of hydrazone groups is 1. The average molecular weight is 443 g/mol. The van der Waals surface area contributed by atoms with Gasteiger partial charge in [-0.1, -0.05) is 23.7 Å². The van der Waals surface area contributed by atoms with E-state index in [1.165, 1.54) is 24.3 Å². The molecule has 8 nitrogen and oxygen atoms in total. The summed E-state index contributed by atoms with van der Waals surface area (Å²) in [6.45, 7) is 0. The Hall–Kier alpha value is -3.47. The zero-order chi connectivity index (χ0) is 22.3. The second-order valence-corrected chi connectivity index (χ2v) is 6.30. The zero-order valence-electron chi connectivity index (χ0n) is 15.1. The molecule has 0 aliphatic rings. The van der Waals surface area contributed by atoms with Crippen molar-refractivity contribution >= 4 is 41.0 Å². The number of nitrogens with zero attached hydrogens (tertiary/aromatic N) is 2. The van der Waals surface area contributed by atoms with Gasteiger partial charge < -0.3 is 5.32 Å². The molecule has 158 valence electrons. The molecule has 2 aromatic rings. The SMILES string of the molecule is O=C(CCC(=O)Nc1cccc(C(F)(F)F)c1)NN=Cc1ccc(Cl)c([N+](=O)[O-])c1. The van der Waals surface area contributed by atoms with Crippen LogP contribution in [0.2, 0.25) is 5.02 Å². The predicted molar refractivity (Wildman–Crippen MR) is 103 cm³/mol. The molecule has 0 spiro atoms. The smallest absolute Gasteiger partial charge is 0.326 e. The van der Waals surface area contributed by atoms with Gasteiger partial charge in [0, 0.05) is 30.2 Å². The second-order valence-electron chi connectivity index (χ2n) is 5.89. The number of alkyl halides is 3. The van der Waals surface area contributed by atoms with Gasteiger partial charge in [-0.25, -0.2) is 5.43 Å². The fraction of sp³-hybridized carbons (Fsp3) is 0.167. The first-order valence-electron chi connectivity index (χ1n) is 8.29. The Morgan fingerprint density at radius 2 is 1.83 bits per heavy atom. The van der Waals surface area contributed by atoms with E-state index in [0.29, 0.717) is 5.56 Å². The van der Waals surface area contributed by atoms with E-state index in [1.54, 1.807) is 0 Å². The van der Waals surface area contributed by atoms with Gasteiger partial charge >= 0.3 is 6.18 Å². The first-order valence-corrected chi connectivity index (χ1v) is 8.67. The van der Waals surface area contributed by atoms with Crippen molar-refractivity contribution in [2.24, 2.45) is 5.10 Å². The van der Waals surface area contributed by atoms with Gasteiger partial charge in [0.2, 0.25) is 11.8 Å². The van der Waals surface area contributed by atoms with Crippen molar-refractivity contribution in [3.8, 4) is 0 Å². The normalized spacial score (nSPS) is 11.3. The molecule has 30 heavy (non-hydrogen) atoms. The zero-order valence-corrected chi connectivity index (χ0v) is 15.8. The molecule has 2 aromatic carbocycles. The fourth-order valence-corrected chi connectivity index (χ4v) is 2.39. The number of nitrogens with one attached hydrogen (secondary N) is 2. The summed E-state index contributed by atoms with van der Waals surface area (Å²) in [7, 11) is 0. The summed E-state index contributed by atoms with van der Waals surface area (Å²) < 4.78 is 38.0. The van der Waals surface area contributed by atoms with E-state index in [4.69, 9.17) is 11.6 Å².